The summed E-state index contributed by atoms with van der Waals surface area (Å²) in [5, 5.41) is 3.52. The molecule has 0 saturated heterocycles. The highest BCUT2D eigenvalue weighted by Crippen LogP contribution is 2.59. The van der Waals surface area contributed by atoms with Crippen LogP contribution in [-0.4, -0.2) is 13.6 Å². The highest BCUT2D eigenvalue weighted by Gasteiger charge is 2.50. The van der Waals surface area contributed by atoms with Crippen LogP contribution in [0, 0.1) is 23.2 Å². The molecule has 98 valence electrons. The summed E-state index contributed by atoms with van der Waals surface area (Å²) in [5.74, 6) is 3.23. The lowest BCUT2D eigenvalue weighted by atomic mass is 9.66. The average Bonchev–Trinajstić information content (AvgIpc) is 2.91. The van der Waals surface area contributed by atoms with Gasteiger partial charge in [0.25, 0.3) is 0 Å². The fraction of sp³-hybridized carbons (Fsp3) is 1.00. The highest BCUT2D eigenvalue weighted by molar-refractivity contribution is 5.02. The molecule has 2 bridgehead atoms. The van der Waals surface area contributed by atoms with E-state index in [0.717, 1.165) is 17.8 Å². The van der Waals surface area contributed by atoms with Crippen molar-refractivity contribution in [3.8, 4) is 0 Å². The molecular weight excluding hydrogens is 206 g/mol. The van der Waals surface area contributed by atoms with Gasteiger partial charge in [-0.3, -0.25) is 0 Å². The van der Waals surface area contributed by atoms with E-state index >= 15 is 0 Å². The second-order valence-corrected chi connectivity index (χ2v) is 7.18. The van der Waals surface area contributed by atoms with Crippen LogP contribution >= 0.6 is 0 Å². The Morgan fingerprint density at radius 1 is 1.06 bits per heavy atom. The van der Waals surface area contributed by atoms with Gasteiger partial charge >= 0.3 is 0 Å². The van der Waals surface area contributed by atoms with Gasteiger partial charge in [-0.1, -0.05) is 38.5 Å². The maximum absolute atomic E-state index is 3.52. The molecule has 0 heterocycles. The first-order valence-electron chi connectivity index (χ1n) is 7.97. The Bertz CT molecular complexity index is 256. The summed E-state index contributed by atoms with van der Waals surface area (Å²) >= 11 is 0. The molecular formula is C16H29N. The summed E-state index contributed by atoms with van der Waals surface area (Å²) < 4.78 is 0. The smallest absolute Gasteiger partial charge is 0.000767 e. The monoisotopic (exact) mass is 235 g/mol. The van der Waals surface area contributed by atoms with Crippen molar-refractivity contribution >= 4 is 0 Å². The van der Waals surface area contributed by atoms with Gasteiger partial charge in [-0.25, -0.2) is 0 Å². The average molecular weight is 235 g/mol. The van der Waals surface area contributed by atoms with E-state index in [1.54, 1.807) is 32.1 Å². The molecule has 0 spiro atoms. The molecule has 3 saturated carbocycles. The second-order valence-electron chi connectivity index (χ2n) is 7.18. The Morgan fingerprint density at radius 2 is 1.88 bits per heavy atom. The van der Waals surface area contributed by atoms with E-state index in [0.29, 0.717) is 5.41 Å². The number of hydrogen-bond acceptors (Lipinski definition) is 1. The molecule has 3 rings (SSSR count). The molecule has 0 amide bonds. The van der Waals surface area contributed by atoms with Crippen LogP contribution in [0.25, 0.3) is 0 Å². The first-order valence-corrected chi connectivity index (χ1v) is 7.97. The minimum atomic E-state index is 0.708. The first-order chi connectivity index (χ1) is 8.32. The van der Waals surface area contributed by atoms with Gasteiger partial charge in [0.1, 0.15) is 0 Å². The van der Waals surface area contributed by atoms with Gasteiger partial charge in [0.2, 0.25) is 0 Å². The molecule has 1 N–H and O–H groups in total. The Kier molecular flexibility index (Phi) is 3.47. The highest BCUT2D eigenvalue weighted by atomic mass is 14.8. The standard InChI is InChI=1S/C16H29N/c1-17-12-16(10-13-5-3-2-4-6-13)11-14-7-8-15(16)9-14/h13-15,17H,2-12H2,1H3. The number of fused-ring (bicyclic) bond motifs is 2. The third-order valence-electron chi connectivity index (χ3n) is 6.05. The zero-order valence-electron chi connectivity index (χ0n) is 11.5. The van der Waals surface area contributed by atoms with Crippen LogP contribution in [0.3, 0.4) is 0 Å². The van der Waals surface area contributed by atoms with E-state index in [4.69, 9.17) is 0 Å². The van der Waals surface area contributed by atoms with Crippen molar-refractivity contribution < 1.29 is 0 Å². The van der Waals surface area contributed by atoms with Crippen LogP contribution in [0.5, 0.6) is 0 Å². The van der Waals surface area contributed by atoms with Crippen LogP contribution in [0.1, 0.15) is 64.2 Å². The van der Waals surface area contributed by atoms with Crippen molar-refractivity contribution in [2.24, 2.45) is 23.2 Å². The summed E-state index contributed by atoms with van der Waals surface area (Å²) in [6.07, 6.45) is 15.3. The third-order valence-corrected chi connectivity index (χ3v) is 6.05. The molecule has 17 heavy (non-hydrogen) atoms. The second kappa shape index (κ2) is 4.91. The fourth-order valence-corrected chi connectivity index (χ4v) is 5.42. The van der Waals surface area contributed by atoms with E-state index < -0.39 is 0 Å². The largest absolute Gasteiger partial charge is 0.319 e. The zero-order chi connectivity index (χ0) is 11.7. The topological polar surface area (TPSA) is 12.0 Å². The maximum atomic E-state index is 3.52. The molecule has 0 aromatic rings. The molecule has 3 aliphatic rings. The van der Waals surface area contributed by atoms with Gasteiger partial charge in [0.15, 0.2) is 0 Å². The maximum Gasteiger partial charge on any atom is 0.000767 e. The Labute approximate surface area is 107 Å². The summed E-state index contributed by atoms with van der Waals surface area (Å²) in [7, 11) is 2.16. The molecule has 0 aromatic carbocycles. The minimum Gasteiger partial charge on any atom is -0.319 e. The molecule has 1 heteroatoms. The van der Waals surface area contributed by atoms with Crippen LogP contribution in [0.15, 0.2) is 0 Å². The van der Waals surface area contributed by atoms with Gasteiger partial charge in [-0.05, 0) is 55.9 Å². The lowest BCUT2D eigenvalue weighted by Gasteiger charge is -2.41. The van der Waals surface area contributed by atoms with Gasteiger partial charge in [0, 0.05) is 6.54 Å². The Morgan fingerprint density at radius 3 is 2.47 bits per heavy atom. The molecule has 3 atom stereocenters. The van der Waals surface area contributed by atoms with Crippen LogP contribution in [-0.2, 0) is 0 Å². The van der Waals surface area contributed by atoms with Crippen molar-refractivity contribution in [2.75, 3.05) is 13.6 Å². The van der Waals surface area contributed by atoms with Crippen molar-refractivity contribution in [1.82, 2.24) is 5.32 Å². The van der Waals surface area contributed by atoms with E-state index in [1.165, 1.54) is 38.6 Å². The minimum absolute atomic E-state index is 0.708. The van der Waals surface area contributed by atoms with Gasteiger partial charge in [-0.15, -0.1) is 0 Å². The number of hydrogen-bond donors (Lipinski definition) is 1. The van der Waals surface area contributed by atoms with Crippen molar-refractivity contribution in [3.05, 3.63) is 0 Å². The molecule has 3 unspecified atom stereocenters. The fourth-order valence-electron chi connectivity index (χ4n) is 5.42. The third kappa shape index (κ3) is 2.28. The molecule has 0 aromatic heterocycles. The van der Waals surface area contributed by atoms with Crippen molar-refractivity contribution in [1.29, 1.82) is 0 Å². The molecule has 0 aliphatic heterocycles. The van der Waals surface area contributed by atoms with E-state index in [-0.39, 0.29) is 0 Å². The lowest BCUT2D eigenvalue weighted by molar-refractivity contribution is 0.105. The lowest BCUT2D eigenvalue weighted by Crippen LogP contribution is -2.39. The SMILES string of the molecule is CNCC1(CC2CCCCC2)CC2CCC1C2. The predicted octanol–water partition coefficient (Wildman–Crippen LogP) is 3.98. The van der Waals surface area contributed by atoms with E-state index in [2.05, 4.69) is 12.4 Å². The van der Waals surface area contributed by atoms with Crippen LogP contribution < -0.4 is 5.32 Å². The first kappa shape index (κ1) is 12.0. The molecule has 1 nitrogen and oxygen atoms in total. The summed E-state index contributed by atoms with van der Waals surface area (Å²) in [5.41, 5.74) is 0.708. The molecule has 3 aliphatic carbocycles. The Balaban J connectivity index is 1.67. The zero-order valence-corrected chi connectivity index (χ0v) is 11.5. The molecule has 0 radical (unpaired) electrons. The number of nitrogens with one attached hydrogen (secondary N) is 1. The molecule has 3 fully saturated rings. The van der Waals surface area contributed by atoms with Crippen LogP contribution in [0.4, 0.5) is 0 Å². The van der Waals surface area contributed by atoms with E-state index in [9.17, 15) is 0 Å². The number of rotatable bonds is 4. The quantitative estimate of drug-likeness (QED) is 0.777. The predicted molar refractivity (Wildman–Crippen MR) is 73.0 cm³/mol. The van der Waals surface area contributed by atoms with Gasteiger partial charge in [-0.2, -0.15) is 0 Å². The van der Waals surface area contributed by atoms with Gasteiger partial charge < -0.3 is 5.32 Å². The van der Waals surface area contributed by atoms with Gasteiger partial charge in [0.05, 0.1) is 0 Å². The summed E-state index contributed by atoms with van der Waals surface area (Å²) in [6.45, 7) is 1.30. The van der Waals surface area contributed by atoms with Crippen LogP contribution in [0.2, 0.25) is 0 Å². The Hall–Kier alpha value is -0.0400. The summed E-state index contributed by atoms with van der Waals surface area (Å²) in [6, 6.07) is 0. The normalized spacial score (nSPS) is 42.2. The summed E-state index contributed by atoms with van der Waals surface area (Å²) in [4.78, 5) is 0. The van der Waals surface area contributed by atoms with Crippen molar-refractivity contribution in [2.45, 2.75) is 64.2 Å². The van der Waals surface area contributed by atoms with Crippen molar-refractivity contribution in [3.63, 3.8) is 0 Å². The van der Waals surface area contributed by atoms with E-state index in [1.807, 2.05) is 0 Å².